The third-order valence-corrected chi connectivity index (χ3v) is 3.74. The van der Waals surface area contributed by atoms with Crippen LogP contribution in [0.2, 0.25) is 0 Å². The summed E-state index contributed by atoms with van der Waals surface area (Å²) < 4.78 is 13.3. The Morgan fingerprint density at radius 1 is 1.18 bits per heavy atom. The summed E-state index contributed by atoms with van der Waals surface area (Å²) in [4.78, 5) is 4.46. The van der Waals surface area contributed by atoms with Crippen molar-refractivity contribution in [3.8, 4) is 17.0 Å². The van der Waals surface area contributed by atoms with Crippen LogP contribution in [0.4, 0.5) is 0 Å². The van der Waals surface area contributed by atoms with Crippen LogP contribution in [-0.4, -0.2) is 16.5 Å². The number of fused-ring (bicyclic) bond motifs is 2. The normalized spacial score (nSPS) is 10.8. The van der Waals surface area contributed by atoms with Gasteiger partial charge in [0.1, 0.15) is 22.7 Å². The molecule has 0 radical (unpaired) electrons. The van der Waals surface area contributed by atoms with E-state index in [2.05, 4.69) is 9.38 Å². The molecule has 4 rings (SSSR count). The highest BCUT2D eigenvalue weighted by Crippen LogP contribution is 2.36. The minimum atomic E-state index is 0. The number of methoxy groups -OCH3 is 1. The molecule has 22 heavy (non-hydrogen) atoms. The van der Waals surface area contributed by atoms with Gasteiger partial charge in [-0.25, -0.2) is 4.98 Å². The highest BCUT2D eigenvalue weighted by atomic mass is 35.5. The molecule has 1 aromatic carbocycles. The lowest BCUT2D eigenvalue weighted by atomic mass is 10.1. The van der Waals surface area contributed by atoms with E-state index in [0.29, 0.717) is 0 Å². The second kappa shape index (κ2) is 5.39. The molecule has 112 valence electrons. The first-order valence-corrected chi connectivity index (χ1v) is 6.77. The standard InChI is InChI=1S/C17H14N2O2.ClH/c1-11-17(13-9-12(20-2)6-7-15(13)21-11)14-10-18-16-5-3-4-8-19(14)16;/h3-10H,1-2H3;1H. The average Bonchev–Trinajstić information content (AvgIpc) is 3.06. The summed E-state index contributed by atoms with van der Waals surface area (Å²) in [6.45, 7) is 1.98. The van der Waals surface area contributed by atoms with Crippen LogP contribution < -0.4 is 4.74 Å². The van der Waals surface area contributed by atoms with E-state index in [1.165, 1.54) is 0 Å². The topological polar surface area (TPSA) is 39.7 Å². The van der Waals surface area contributed by atoms with Gasteiger partial charge >= 0.3 is 0 Å². The summed E-state index contributed by atoms with van der Waals surface area (Å²) >= 11 is 0. The molecule has 5 heteroatoms. The van der Waals surface area contributed by atoms with E-state index < -0.39 is 0 Å². The van der Waals surface area contributed by atoms with Crippen molar-refractivity contribution in [3.05, 3.63) is 54.6 Å². The van der Waals surface area contributed by atoms with Crippen molar-refractivity contribution in [3.63, 3.8) is 0 Å². The van der Waals surface area contributed by atoms with Gasteiger partial charge in [0.15, 0.2) is 0 Å². The Hall–Kier alpha value is -2.46. The average molecular weight is 315 g/mol. The van der Waals surface area contributed by atoms with Gasteiger partial charge in [0.05, 0.1) is 19.0 Å². The van der Waals surface area contributed by atoms with Crippen LogP contribution in [0.1, 0.15) is 5.76 Å². The van der Waals surface area contributed by atoms with Crippen LogP contribution in [0.3, 0.4) is 0 Å². The van der Waals surface area contributed by atoms with Crippen molar-refractivity contribution in [2.45, 2.75) is 6.92 Å². The predicted octanol–water partition coefficient (Wildman–Crippen LogP) is 4.49. The third kappa shape index (κ3) is 2.04. The van der Waals surface area contributed by atoms with E-state index in [-0.39, 0.29) is 12.4 Å². The number of aromatic nitrogens is 2. The smallest absolute Gasteiger partial charge is 0.137 e. The predicted molar refractivity (Wildman–Crippen MR) is 88.9 cm³/mol. The van der Waals surface area contributed by atoms with Gasteiger partial charge < -0.3 is 9.15 Å². The van der Waals surface area contributed by atoms with Gasteiger partial charge in [0.25, 0.3) is 0 Å². The van der Waals surface area contributed by atoms with Gasteiger partial charge in [-0.15, -0.1) is 12.4 Å². The maximum Gasteiger partial charge on any atom is 0.137 e. The number of nitrogens with zero attached hydrogens (tertiary/aromatic N) is 2. The molecule has 0 N–H and O–H groups in total. The molecule has 0 saturated carbocycles. The zero-order valence-electron chi connectivity index (χ0n) is 12.2. The van der Waals surface area contributed by atoms with Gasteiger partial charge in [-0.3, -0.25) is 4.40 Å². The van der Waals surface area contributed by atoms with Crippen LogP contribution in [-0.2, 0) is 0 Å². The Bertz CT molecular complexity index is 956. The quantitative estimate of drug-likeness (QED) is 0.547. The molecule has 0 bridgehead atoms. The zero-order valence-corrected chi connectivity index (χ0v) is 13.1. The largest absolute Gasteiger partial charge is 0.497 e. The van der Waals surface area contributed by atoms with E-state index in [9.17, 15) is 0 Å². The molecule has 0 atom stereocenters. The van der Waals surface area contributed by atoms with Gasteiger partial charge in [-0.2, -0.15) is 0 Å². The molecule has 0 saturated heterocycles. The number of benzene rings is 1. The molecular formula is C17H15ClN2O2. The number of furan rings is 1. The minimum absolute atomic E-state index is 0. The van der Waals surface area contributed by atoms with Gasteiger partial charge in [-0.1, -0.05) is 6.07 Å². The summed E-state index contributed by atoms with van der Waals surface area (Å²) in [6.07, 6.45) is 3.89. The first kappa shape index (κ1) is 14.5. The van der Waals surface area contributed by atoms with Crippen LogP contribution in [0.5, 0.6) is 5.75 Å². The zero-order chi connectivity index (χ0) is 14.4. The number of imidazole rings is 1. The van der Waals surface area contributed by atoms with Crippen LogP contribution >= 0.6 is 12.4 Å². The van der Waals surface area contributed by atoms with Crippen molar-refractivity contribution < 1.29 is 9.15 Å². The maximum atomic E-state index is 5.87. The van der Waals surface area contributed by atoms with Crippen molar-refractivity contribution in [2.24, 2.45) is 0 Å². The van der Waals surface area contributed by atoms with Crippen LogP contribution in [0.15, 0.2) is 53.2 Å². The third-order valence-electron chi connectivity index (χ3n) is 3.74. The number of hydrogen-bond acceptors (Lipinski definition) is 3. The molecule has 4 nitrogen and oxygen atoms in total. The Kier molecular flexibility index (Phi) is 3.54. The fourth-order valence-corrected chi connectivity index (χ4v) is 2.76. The molecule has 0 unspecified atom stereocenters. The Balaban J connectivity index is 0.00000144. The number of rotatable bonds is 2. The van der Waals surface area contributed by atoms with E-state index in [1.807, 2.05) is 55.7 Å². The summed E-state index contributed by atoms with van der Waals surface area (Å²) in [7, 11) is 1.67. The highest BCUT2D eigenvalue weighted by molar-refractivity contribution is 5.96. The summed E-state index contributed by atoms with van der Waals surface area (Å²) in [5, 5.41) is 1.04. The van der Waals surface area contributed by atoms with Gasteiger partial charge in [0.2, 0.25) is 0 Å². The SMILES string of the molecule is COc1ccc2oc(C)c(-c3cnc4ccccn34)c2c1.Cl. The minimum Gasteiger partial charge on any atom is -0.497 e. The highest BCUT2D eigenvalue weighted by Gasteiger charge is 2.17. The Morgan fingerprint density at radius 3 is 2.86 bits per heavy atom. The Morgan fingerprint density at radius 2 is 2.05 bits per heavy atom. The number of pyridine rings is 1. The number of hydrogen-bond donors (Lipinski definition) is 0. The fourth-order valence-electron chi connectivity index (χ4n) is 2.76. The number of ether oxygens (including phenoxy) is 1. The first-order chi connectivity index (χ1) is 10.3. The van der Waals surface area contributed by atoms with Crippen LogP contribution in [0, 0.1) is 6.92 Å². The van der Waals surface area contributed by atoms with Crippen molar-refractivity contribution >= 4 is 29.0 Å². The van der Waals surface area contributed by atoms with Crippen molar-refractivity contribution in [2.75, 3.05) is 7.11 Å². The molecule has 0 fully saturated rings. The molecule has 4 aromatic rings. The Labute approximate surface area is 133 Å². The van der Waals surface area contributed by atoms with Gasteiger partial charge in [0, 0.05) is 17.1 Å². The van der Waals surface area contributed by atoms with E-state index in [0.717, 1.165) is 39.4 Å². The van der Waals surface area contributed by atoms with Gasteiger partial charge in [-0.05, 0) is 37.3 Å². The molecule has 0 aliphatic rings. The summed E-state index contributed by atoms with van der Waals surface area (Å²) in [6, 6.07) is 11.8. The van der Waals surface area contributed by atoms with E-state index in [4.69, 9.17) is 9.15 Å². The lowest BCUT2D eigenvalue weighted by Crippen LogP contribution is -1.88. The molecule has 0 amide bonds. The van der Waals surface area contributed by atoms with E-state index in [1.54, 1.807) is 7.11 Å². The second-order valence-corrected chi connectivity index (χ2v) is 4.97. The van der Waals surface area contributed by atoms with E-state index >= 15 is 0 Å². The lowest BCUT2D eigenvalue weighted by Gasteiger charge is -2.02. The molecule has 3 aromatic heterocycles. The summed E-state index contributed by atoms with van der Waals surface area (Å²) in [5.74, 6) is 1.70. The monoisotopic (exact) mass is 314 g/mol. The lowest BCUT2D eigenvalue weighted by molar-refractivity contribution is 0.415. The molecule has 0 aliphatic heterocycles. The molecule has 0 spiro atoms. The number of halogens is 1. The van der Waals surface area contributed by atoms with Crippen LogP contribution in [0.25, 0.3) is 27.9 Å². The first-order valence-electron chi connectivity index (χ1n) is 6.77. The maximum absolute atomic E-state index is 5.87. The van der Waals surface area contributed by atoms with Crippen molar-refractivity contribution in [1.82, 2.24) is 9.38 Å². The van der Waals surface area contributed by atoms with Crippen molar-refractivity contribution in [1.29, 1.82) is 0 Å². The molecule has 0 aliphatic carbocycles. The summed E-state index contributed by atoms with van der Waals surface area (Å²) in [5.41, 5.74) is 3.86. The molecular weight excluding hydrogens is 300 g/mol. The fraction of sp³-hybridized carbons (Fsp3) is 0.118. The molecule has 3 heterocycles. The second-order valence-electron chi connectivity index (χ2n) is 4.97. The number of aryl methyl sites for hydroxylation is 1.